The minimum Gasteiger partial charge on any atom is -0.443 e. The van der Waals surface area contributed by atoms with Crippen LogP contribution in [0.15, 0.2) is 79.1 Å². The number of hydrogen-bond donors (Lipinski definition) is 1. The van der Waals surface area contributed by atoms with Crippen molar-refractivity contribution in [2.45, 2.75) is 51.7 Å². The Labute approximate surface area is 226 Å². The average Bonchev–Trinajstić information content (AvgIpc) is 3.30. The molecule has 0 bridgehead atoms. The minimum atomic E-state index is -0.569. The zero-order valence-corrected chi connectivity index (χ0v) is 22.5. The van der Waals surface area contributed by atoms with Crippen LogP contribution in [0.5, 0.6) is 0 Å². The van der Waals surface area contributed by atoms with Gasteiger partial charge in [-0.2, -0.15) is 0 Å². The third-order valence-electron chi connectivity index (χ3n) is 6.26. The molecule has 0 unspecified atom stereocenters. The molecule has 0 atom stereocenters. The Kier molecular flexibility index (Phi) is 7.24. The van der Waals surface area contributed by atoms with E-state index in [2.05, 4.69) is 10.3 Å². The molecule has 1 aliphatic carbocycles. The highest BCUT2D eigenvalue weighted by molar-refractivity contribution is 7.19. The second-order valence-corrected chi connectivity index (χ2v) is 11.2. The molecule has 2 aromatic heterocycles. The van der Waals surface area contributed by atoms with Gasteiger partial charge in [-0.1, -0.05) is 53.8 Å². The van der Waals surface area contributed by atoms with Crippen LogP contribution in [-0.4, -0.2) is 33.6 Å². The highest BCUT2D eigenvalue weighted by atomic mass is 32.1. The zero-order chi connectivity index (χ0) is 26.7. The van der Waals surface area contributed by atoms with Crippen molar-refractivity contribution in [2.75, 3.05) is 10.2 Å². The number of rotatable bonds is 6. The van der Waals surface area contributed by atoms with E-state index in [9.17, 15) is 9.59 Å². The molecule has 0 spiro atoms. The van der Waals surface area contributed by atoms with Gasteiger partial charge in [0.05, 0.1) is 16.1 Å². The van der Waals surface area contributed by atoms with Crippen molar-refractivity contribution in [1.29, 1.82) is 0 Å². The Bertz CT molecular complexity index is 1410. The van der Waals surface area contributed by atoms with Crippen LogP contribution >= 0.6 is 11.3 Å². The van der Waals surface area contributed by atoms with Crippen LogP contribution in [0, 0.1) is 0 Å². The van der Waals surface area contributed by atoms with Crippen LogP contribution in [0.4, 0.5) is 15.6 Å². The summed E-state index contributed by atoms with van der Waals surface area (Å²) >= 11 is 1.42. The molecule has 2 amide bonds. The molecule has 1 N–H and O–H groups in total. The van der Waals surface area contributed by atoms with Crippen molar-refractivity contribution < 1.29 is 14.3 Å². The Morgan fingerprint density at radius 2 is 1.71 bits per heavy atom. The fraction of sp³-hybridized carbons (Fsp3) is 0.267. The van der Waals surface area contributed by atoms with E-state index in [1.54, 1.807) is 23.2 Å². The molecule has 38 heavy (non-hydrogen) atoms. The number of aromatic nitrogens is 2. The molecule has 5 rings (SSSR count). The predicted octanol–water partition coefficient (Wildman–Crippen LogP) is 7.42. The topological polar surface area (TPSA) is 84.4 Å². The van der Waals surface area contributed by atoms with Crippen LogP contribution in [-0.2, 0) is 4.74 Å². The lowest BCUT2D eigenvalue weighted by Gasteiger charge is -2.38. The van der Waals surface area contributed by atoms with Crippen molar-refractivity contribution in [2.24, 2.45) is 0 Å². The molecular formula is C30H30N4O3S. The molecule has 1 fully saturated rings. The van der Waals surface area contributed by atoms with E-state index in [-0.39, 0.29) is 18.0 Å². The molecular weight excluding hydrogens is 496 g/mol. The van der Waals surface area contributed by atoms with Gasteiger partial charge in [0.1, 0.15) is 5.60 Å². The number of nitrogens with one attached hydrogen (secondary N) is 1. The highest BCUT2D eigenvalue weighted by Gasteiger charge is 2.33. The summed E-state index contributed by atoms with van der Waals surface area (Å²) in [6.45, 7) is 5.64. The van der Waals surface area contributed by atoms with E-state index in [1.165, 1.54) is 17.5 Å². The van der Waals surface area contributed by atoms with Crippen LogP contribution in [0.3, 0.4) is 0 Å². The van der Waals surface area contributed by atoms with Crippen LogP contribution in [0.25, 0.3) is 21.7 Å². The maximum atomic E-state index is 13.1. The number of nitrogens with zero attached hydrogens (tertiary/aromatic N) is 3. The molecule has 1 saturated carbocycles. The first-order valence-electron chi connectivity index (χ1n) is 12.7. The van der Waals surface area contributed by atoms with Gasteiger partial charge in [-0.25, -0.2) is 9.78 Å². The number of pyridine rings is 1. The summed E-state index contributed by atoms with van der Waals surface area (Å²) in [5.74, 6) is -0.262. The Morgan fingerprint density at radius 3 is 2.32 bits per heavy atom. The number of ether oxygens (including phenoxy) is 1. The first-order valence-corrected chi connectivity index (χ1v) is 13.5. The van der Waals surface area contributed by atoms with E-state index in [4.69, 9.17) is 9.72 Å². The summed E-state index contributed by atoms with van der Waals surface area (Å²) < 4.78 is 5.71. The maximum absolute atomic E-state index is 13.1. The zero-order valence-electron chi connectivity index (χ0n) is 21.7. The SMILES string of the molecule is CC(C)(C)OC(=O)N(c1ccc(-c2nc(NC(=O)c3cccnc3)sc2-c2ccccc2)cc1)C1CCC1. The predicted molar refractivity (Wildman–Crippen MR) is 152 cm³/mol. The number of hydrogen-bond acceptors (Lipinski definition) is 6. The van der Waals surface area contributed by atoms with Gasteiger partial charge < -0.3 is 4.74 Å². The van der Waals surface area contributed by atoms with E-state index in [0.29, 0.717) is 10.7 Å². The molecule has 7 nitrogen and oxygen atoms in total. The normalized spacial score (nSPS) is 13.4. The summed E-state index contributed by atoms with van der Waals surface area (Å²) in [6, 6.07) is 21.4. The molecule has 4 aromatic rings. The van der Waals surface area contributed by atoms with Crippen molar-refractivity contribution in [3.63, 3.8) is 0 Å². The molecule has 0 aliphatic heterocycles. The molecule has 0 saturated heterocycles. The van der Waals surface area contributed by atoms with Gasteiger partial charge >= 0.3 is 6.09 Å². The van der Waals surface area contributed by atoms with Crippen molar-refractivity contribution in [3.05, 3.63) is 84.7 Å². The summed E-state index contributed by atoms with van der Waals surface area (Å²) in [5.41, 5.74) is 3.37. The first-order chi connectivity index (χ1) is 18.3. The Balaban J connectivity index is 1.46. The number of thiazole rings is 1. The molecule has 0 radical (unpaired) electrons. The lowest BCUT2D eigenvalue weighted by atomic mass is 9.91. The van der Waals surface area contributed by atoms with Gasteiger partial charge in [-0.15, -0.1) is 0 Å². The van der Waals surface area contributed by atoms with Crippen molar-refractivity contribution in [1.82, 2.24) is 9.97 Å². The largest absolute Gasteiger partial charge is 0.443 e. The molecule has 2 aromatic carbocycles. The van der Waals surface area contributed by atoms with Gasteiger partial charge in [0.2, 0.25) is 0 Å². The number of carbonyl (C=O) groups excluding carboxylic acids is 2. The second kappa shape index (κ2) is 10.8. The summed E-state index contributed by atoms with van der Waals surface area (Å²) in [6.07, 6.45) is 5.86. The Morgan fingerprint density at radius 1 is 0.974 bits per heavy atom. The van der Waals surface area contributed by atoms with E-state index in [1.807, 2.05) is 75.4 Å². The lowest BCUT2D eigenvalue weighted by Crippen LogP contribution is -2.46. The lowest BCUT2D eigenvalue weighted by molar-refractivity contribution is 0.0549. The second-order valence-electron chi connectivity index (χ2n) is 10.2. The van der Waals surface area contributed by atoms with Crippen LogP contribution in [0.2, 0.25) is 0 Å². The van der Waals surface area contributed by atoms with Crippen LogP contribution < -0.4 is 10.2 Å². The molecule has 8 heteroatoms. The number of anilines is 2. The minimum absolute atomic E-state index is 0.143. The molecule has 194 valence electrons. The first kappa shape index (κ1) is 25.6. The standard InChI is InChI=1S/C30H30N4O3S/c1-30(2,3)37-29(36)34(23-12-7-13-23)24-16-14-20(15-17-24)25-26(21-9-5-4-6-10-21)38-28(32-25)33-27(35)22-11-8-18-31-19-22/h4-6,8-11,14-19,23H,7,12-13H2,1-3H3,(H,32,33,35). The van der Waals surface area contributed by atoms with Gasteiger partial charge in [0.15, 0.2) is 5.13 Å². The smallest absolute Gasteiger partial charge is 0.415 e. The fourth-order valence-corrected chi connectivity index (χ4v) is 5.21. The van der Waals surface area contributed by atoms with E-state index < -0.39 is 5.60 Å². The van der Waals surface area contributed by atoms with Crippen molar-refractivity contribution in [3.8, 4) is 21.7 Å². The summed E-state index contributed by atoms with van der Waals surface area (Å²) in [7, 11) is 0. The molecule has 2 heterocycles. The van der Waals surface area contributed by atoms with Crippen molar-refractivity contribution >= 4 is 34.2 Å². The van der Waals surface area contributed by atoms with Gasteiger partial charge in [-0.05, 0) is 69.9 Å². The summed E-state index contributed by atoms with van der Waals surface area (Å²) in [5, 5.41) is 3.42. The number of benzene rings is 2. The molecule has 1 aliphatic rings. The van der Waals surface area contributed by atoms with Gasteiger partial charge in [0, 0.05) is 29.7 Å². The quantitative estimate of drug-likeness (QED) is 0.283. The van der Waals surface area contributed by atoms with Crippen LogP contribution in [0.1, 0.15) is 50.4 Å². The average molecular weight is 527 g/mol. The van der Waals surface area contributed by atoms with E-state index in [0.717, 1.165) is 46.6 Å². The Hall–Kier alpha value is -4.04. The van der Waals surface area contributed by atoms with E-state index >= 15 is 0 Å². The fourth-order valence-electron chi connectivity index (χ4n) is 4.22. The van der Waals surface area contributed by atoms with Gasteiger partial charge in [-0.3, -0.25) is 20.0 Å². The number of carbonyl (C=O) groups is 2. The maximum Gasteiger partial charge on any atom is 0.415 e. The van der Waals surface area contributed by atoms with Gasteiger partial charge in [0.25, 0.3) is 5.91 Å². The monoisotopic (exact) mass is 526 g/mol. The third kappa shape index (κ3) is 5.75. The number of amides is 2. The highest BCUT2D eigenvalue weighted by Crippen LogP contribution is 2.40. The third-order valence-corrected chi connectivity index (χ3v) is 7.28. The summed E-state index contributed by atoms with van der Waals surface area (Å²) in [4.78, 5) is 37.4.